The number of hydrogen-bond acceptors (Lipinski definition) is 1. The van der Waals surface area contributed by atoms with Gasteiger partial charge in [0.2, 0.25) is 0 Å². The van der Waals surface area contributed by atoms with Crippen molar-refractivity contribution in [3.63, 3.8) is 0 Å². The molecule has 0 aliphatic heterocycles. The molecular weight excluding hydrogens is 571 g/mol. The summed E-state index contributed by atoms with van der Waals surface area (Å²) >= 11 is 0. The molecule has 47 heavy (non-hydrogen) atoms. The van der Waals surface area contributed by atoms with Crippen LogP contribution in [0.3, 0.4) is 0 Å². The Morgan fingerprint density at radius 3 is 2.11 bits per heavy atom. The van der Waals surface area contributed by atoms with Crippen molar-refractivity contribution in [1.29, 1.82) is 0 Å². The van der Waals surface area contributed by atoms with Gasteiger partial charge in [-0.25, -0.2) is 4.98 Å². The van der Waals surface area contributed by atoms with Crippen molar-refractivity contribution in [1.82, 2.24) is 14.1 Å². The highest BCUT2D eigenvalue weighted by molar-refractivity contribution is 6.24. The molecule has 0 unspecified atom stereocenters. The molecule has 0 atom stereocenters. The summed E-state index contributed by atoms with van der Waals surface area (Å²) in [6, 6.07) is 36.9. The first-order valence-corrected chi connectivity index (χ1v) is 16.7. The summed E-state index contributed by atoms with van der Waals surface area (Å²) in [6.07, 6.45) is 16.9. The van der Waals surface area contributed by atoms with Gasteiger partial charge in [-0.2, -0.15) is 0 Å². The fourth-order valence-electron chi connectivity index (χ4n) is 6.33. The van der Waals surface area contributed by atoms with Gasteiger partial charge in [-0.05, 0) is 80.5 Å². The number of rotatable bonds is 7. The molecule has 0 saturated heterocycles. The van der Waals surface area contributed by atoms with Crippen LogP contribution in [0.25, 0.3) is 60.7 Å². The highest BCUT2D eigenvalue weighted by atomic mass is 15.1. The van der Waals surface area contributed by atoms with E-state index in [0.29, 0.717) is 0 Å². The van der Waals surface area contributed by atoms with Gasteiger partial charge < -0.3 is 4.57 Å². The average Bonchev–Trinajstić information content (AvgIpc) is 3.64. The van der Waals surface area contributed by atoms with E-state index in [1.54, 1.807) is 0 Å². The van der Waals surface area contributed by atoms with Gasteiger partial charge in [-0.15, -0.1) is 0 Å². The maximum atomic E-state index is 4.80. The Labute approximate surface area is 278 Å². The Bertz CT molecular complexity index is 2270. The van der Waals surface area contributed by atoms with E-state index in [1.807, 2.05) is 12.3 Å². The maximum absolute atomic E-state index is 4.80. The zero-order valence-electron chi connectivity index (χ0n) is 28.1. The lowest BCUT2D eigenvalue weighted by Gasteiger charge is -2.11. The van der Waals surface area contributed by atoms with Crippen LogP contribution >= 0.6 is 0 Å². The first kappa shape index (κ1) is 31.6. The van der Waals surface area contributed by atoms with Gasteiger partial charge in [-0.1, -0.05) is 129 Å². The molecule has 7 aromatic rings. The molecule has 234 valence electrons. The second-order valence-electron chi connectivity index (χ2n) is 11.8. The molecule has 4 aromatic carbocycles. The zero-order chi connectivity index (χ0) is 32.8. The predicted molar refractivity (Wildman–Crippen MR) is 205 cm³/mol. The minimum atomic E-state index is 0.927. The van der Waals surface area contributed by atoms with E-state index in [4.69, 9.17) is 4.98 Å². The smallest absolute Gasteiger partial charge is 0.137 e. The molecule has 3 aromatic heterocycles. The monoisotopic (exact) mass is 613 g/mol. The van der Waals surface area contributed by atoms with Crippen LogP contribution in [0, 0.1) is 0 Å². The molecule has 3 nitrogen and oxygen atoms in total. The van der Waals surface area contributed by atoms with E-state index in [0.717, 1.165) is 24.3 Å². The fourth-order valence-corrected chi connectivity index (χ4v) is 6.33. The van der Waals surface area contributed by atoms with Gasteiger partial charge in [0.1, 0.15) is 5.82 Å². The quantitative estimate of drug-likeness (QED) is 0.164. The molecular formula is C44H43N3. The van der Waals surface area contributed by atoms with E-state index in [2.05, 4.69) is 177 Å². The normalized spacial score (nSPS) is 12.6. The van der Waals surface area contributed by atoms with Crippen LogP contribution in [0.5, 0.6) is 0 Å². The molecule has 3 heterocycles. The summed E-state index contributed by atoms with van der Waals surface area (Å²) in [5, 5.41) is 4.89. The zero-order valence-corrected chi connectivity index (χ0v) is 28.1. The summed E-state index contributed by atoms with van der Waals surface area (Å²) in [7, 11) is 0. The van der Waals surface area contributed by atoms with Crippen molar-refractivity contribution in [2.24, 2.45) is 0 Å². The standard InChI is InChI=1S/C33H25N3.C11H18/c1-3-22(2)23-15-18-25(19-16-23)35-29-13-7-6-12-27(29)32-33(35)28-20-17-24-10-4-5-11-26(24)31(28)36(32)30-14-8-9-21-34-30;1-4-6-7-8-10-11(3)9-5-2/h3-21H,1-2H3;6-10H,4-5H2,1-3H3/b22-3+;7-6-,10-8-,11-9-. The minimum Gasteiger partial charge on any atom is -0.307 e. The number of fused-ring (bicyclic) bond motifs is 7. The van der Waals surface area contributed by atoms with E-state index in [1.165, 1.54) is 60.3 Å². The van der Waals surface area contributed by atoms with Crippen LogP contribution in [0.2, 0.25) is 0 Å². The number of benzene rings is 4. The van der Waals surface area contributed by atoms with Crippen LogP contribution in [0.15, 0.2) is 151 Å². The van der Waals surface area contributed by atoms with Crippen LogP contribution in [-0.2, 0) is 0 Å². The summed E-state index contributed by atoms with van der Waals surface area (Å²) < 4.78 is 4.76. The third kappa shape index (κ3) is 6.22. The van der Waals surface area contributed by atoms with Gasteiger partial charge in [0.25, 0.3) is 0 Å². The Balaban J connectivity index is 0.000000304. The first-order chi connectivity index (χ1) is 23.1. The molecule has 0 amide bonds. The fraction of sp³-hybridized carbons (Fsp3) is 0.159. The Hall–Kier alpha value is -5.41. The third-order valence-corrected chi connectivity index (χ3v) is 8.71. The SMILES string of the molecule is C/C=C(\C)c1ccc(-n2c3ccccc3c3c2c2ccc4ccccc4c2n3-c2ccccn2)cc1.CC\C=C/C=C\C(C)=C/CC. The summed E-state index contributed by atoms with van der Waals surface area (Å²) in [6.45, 7) is 10.7. The van der Waals surface area contributed by atoms with Crippen molar-refractivity contribution in [2.75, 3.05) is 0 Å². The maximum Gasteiger partial charge on any atom is 0.137 e. The van der Waals surface area contributed by atoms with Gasteiger partial charge in [0, 0.05) is 28.0 Å². The van der Waals surface area contributed by atoms with E-state index in [9.17, 15) is 0 Å². The summed E-state index contributed by atoms with van der Waals surface area (Å²) in [5.41, 5.74) is 9.80. The lowest BCUT2D eigenvalue weighted by molar-refractivity contribution is 1.09. The molecule has 3 heteroatoms. The van der Waals surface area contributed by atoms with E-state index in [-0.39, 0.29) is 0 Å². The highest BCUT2D eigenvalue weighted by Crippen LogP contribution is 2.42. The van der Waals surface area contributed by atoms with Crippen molar-refractivity contribution in [3.8, 4) is 11.5 Å². The van der Waals surface area contributed by atoms with Crippen LogP contribution < -0.4 is 0 Å². The number of hydrogen-bond donors (Lipinski definition) is 0. The average molecular weight is 614 g/mol. The van der Waals surface area contributed by atoms with Gasteiger partial charge in [0.05, 0.1) is 22.1 Å². The van der Waals surface area contributed by atoms with Crippen LogP contribution in [0.4, 0.5) is 0 Å². The molecule has 0 bridgehead atoms. The lowest BCUT2D eigenvalue weighted by Crippen LogP contribution is -1.96. The Morgan fingerprint density at radius 2 is 1.38 bits per heavy atom. The number of pyridine rings is 1. The molecule has 0 aliphatic rings. The van der Waals surface area contributed by atoms with Gasteiger partial charge >= 0.3 is 0 Å². The van der Waals surface area contributed by atoms with E-state index >= 15 is 0 Å². The molecule has 0 fully saturated rings. The Morgan fingerprint density at radius 1 is 0.660 bits per heavy atom. The largest absolute Gasteiger partial charge is 0.307 e. The number of nitrogens with zero attached hydrogens (tertiary/aromatic N) is 3. The van der Waals surface area contributed by atoms with Gasteiger partial charge in [0.15, 0.2) is 0 Å². The highest BCUT2D eigenvalue weighted by Gasteiger charge is 2.23. The first-order valence-electron chi connectivity index (χ1n) is 16.7. The second-order valence-corrected chi connectivity index (χ2v) is 11.8. The lowest BCUT2D eigenvalue weighted by atomic mass is 10.1. The van der Waals surface area contributed by atoms with E-state index < -0.39 is 0 Å². The number of allylic oxidation sites excluding steroid dienone is 8. The second kappa shape index (κ2) is 14.3. The molecule has 0 radical (unpaired) electrons. The molecule has 0 saturated carbocycles. The molecule has 0 N–H and O–H groups in total. The topological polar surface area (TPSA) is 22.8 Å². The third-order valence-electron chi connectivity index (χ3n) is 8.71. The molecule has 0 spiro atoms. The van der Waals surface area contributed by atoms with Crippen molar-refractivity contribution < 1.29 is 0 Å². The van der Waals surface area contributed by atoms with Crippen LogP contribution in [0.1, 0.15) is 53.0 Å². The minimum absolute atomic E-state index is 0.927. The van der Waals surface area contributed by atoms with Crippen molar-refractivity contribution in [2.45, 2.75) is 47.5 Å². The van der Waals surface area contributed by atoms with Crippen molar-refractivity contribution in [3.05, 3.63) is 157 Å². The number of aromatic nitrogens is 3. The van der Waals surface area contributed by atoms with Crippen molar-refractivity contribution >= 4 is 49.2 Å². The Kier molecular flexibility index (Phi) is 9.64. The van der Waals surface area contributed by atoms with Crippen LogP contribution in [-0.4, -0.2) is 14.1 Å². The molecule has 0 aliphatic carbocycles. The summed E-state index contributed by atoms with van der Waals surface area (Å²) in [5.74, 6) is 0.927. The molecule has 7 rings (SSSR count). The predicted octanol–water partition coefficient (Wildman–Crippen LogP) is 12.6. The summed E-state index contributed by atoms with van der Waals surface area (Å²) in [4.78, 5) is 4.80. The van der Waals surface area contributed by atoms with Gasteiger partial charge in [-0.3, -0.25) is 4.57 Å². The number of para-hydroxylation sites is 1.